The van der Waals surface area contributed by atoms with Crippen LogP contribution in [0.4, 0.5) is 5.95 Å². The molecule has 3 rings (SSSR count). The van der Waals surface area contributed by atoms with Crippen LogP contribution >= 0.6 is 0 Å². The van der Waals surface area contributed by atoms with Crippen LogP contribution in [0.1, 0.15) is 31.5 Å². The maximum absolute atomic E-state index is 5.87. The highest BCUT2D eigenvalue weighted by molar-refractivity contribution is 5.31. The van der Waals surface area contributed by atoms with Crippen molar-refractivity contribution in [3.8, 4) is 0 Å². The molecule has 1 aromatic heterocycles. The Labute approximate surface area is 95.4 Å². The topological polar surface area (TPSA) is 70.8 Å². The fourth-order valence-corrected chi connectivity index (χ4v) is 2.46. The van der Waals surface area contributed by atoms with Crippen molar-refractivity contribution in [3.05, 3.63) is 5.82 Å². The van der Waals surface area contributed by atoms with Gasteiger partial charge in [-0.3, -0.25) is 5.10 Å². The fourth-order valence-electron chi connectivity index (χ4n) is 2.46. The normalized spacial score (nSPS) is 26.1. The minimum absolute atomic E-state index is 0.286. The lowest BCUT2D eigenvalue weighted by atomic mass is 9.83. The summed E-state index contributed by atoms with van der Waals surface area (Å²) < 4.78 is 0. The lowest BCUT2D eigenvalue weighted by Gasteiger charge is -2.23. The van der Waals surface area contributed by atoms with Crippen LogP contribution in [0.15, 0.2) is 0 Å². The zero-order chi connectivity index (χ0) is 11.0. The molecule has 0 radical (unpaired) electrons. The van der Waals surface area contributed by atoms with Crippen molar-refractivity contribution < 1.29 is 0 Å². The average Bonchev–Trinajstić information content (AvgIpc) is 2.80. The minimum atomic E-state index is 0.286. The standard InChI is InChI=1S/C11H19N5/c12-9-4-5-16(7-9)11-13-10(14-15-11)6-8-2-1-3-8/h8-9H,1-7,12H2,(H,13,14,15). The summed E-state index contributed by atoms with van der Waals surface area (Å²) in [7, 11) is 0. The van der Waals surface area contributed by atoms with Crippen molar-refractivity contribution in [1.29, 1.82) is 0 Å². The Balaban J connectivity index is 1.63. The Morgan fingerprint density at radius 2 is 2.25 bits per heavy atom. The molecular weight excluding hydrogens is 202 g/mol. The van der Waals surface area contributed by atoms with Crippen molar-refractivity contribution >= 4 is 5.95 Å². The number of nitrogens with two attached hydrogens (primary N) is 1. The quantitative estimate of drug-likeness (QED) is 0.787. The van der Waals surface area contributed by atoms with Gasteiger partial charge in [0.1, 0.15) is 5.82 Å². The van der Waals surface area contributed by atoms with Gasteiger partial charge in [-0.1, -0.05) is 19.3 Å². The summed E-state index contributed by atoms with van der Waals surface area (Å²) in [6, 6.07) is 0.286. The molecule has 1 atom stereocenters. The van der Waals surface area contributed by atoms with Crippen molar-refractivity contribution in [2.24, 2.45) is 11.7 Å². The highest BCUT2D eigenvalue weighted by atomic mass is 15.4. The first-order valence-corrected chi connectivity index (χ1v) is 6.23. The van der Waals surface area contributed by atoms with E-state index >= 15 is 0 Å². The summed E-state index contributed by atoms with van der Waals surface area (Å²) in [5, 5.41) is 7.33. The molecule has 2 fully saturated rings. The number of aromatic amines is 1. The molecule has 1 aromatic rings. The number of nitrogens with one attached hydrogen (secondary N) is 1. The zero-order valence-electron chi connectivity index (χ0n) is 9.52. The van der Waals surface area contributed by atoms with Crippen LogP contribution in [0.5, 0.6) is 0 Å². The maximum atomic E-state index is 5.87. The highest BCUT2D eigenvalue weighted by Crippen LogP contribution is 2.29. The first-order valence-electron chi connectivity index (χ1n) is 6.23. The molecule has 5 heteroatoms. The predicted octanol–water partition coefficient (Wildman–Crippen LogP) is 0.685. The summed E-state index contributed by atoms with van der Waals surface area (Å²) in [5.41, 5.74) is 5.87. The van der Waals surface area contributed by atoms with Gasteiger partial charge in [-0.15, -0.1) is 5.10 Å². The highest BCUT2D eigenvalue weighted by Gasteiger charge is 2.24. The van der Waals surface area contributed by atoms with E-state index < -0.39 is 0 Å². The number of rotatable bonds is 3. The monoisotopic (exact) mass is 221 g/mol. The minimum Gasteiger partial charge on any atom is -0.338 e. The summed E-state index contributed by atoms with van der Waals surface area (Å²) in [6.07, 6.45) is 6.20. The number of hydrogen-bond donors (Lipinski definition) is 2. The molecule has 1 unspecified atom stereocenters. The van der Waals surface area contributed by atoms with Gasteiger partial charge in [-0.25, -0.2) is 0 Å². The Bertz CT molecular complexity index is 357. The molecule has 5 nitrogen and oxygen atoms in total. The fraction of sp³-hybridized carbons (Fsp3) is 0.818. The van der Waals surface area contributed by atoms with Gasteiger partial charge in [0.25, 0.3) is 0 Å². The van der Waals surface area contributed by atoms with Gasteiger partial charge in [0.2, 0.25) is 5.95 Å². The number of anilines is 1. The third-order valence-corrected chi connectivity index (χ3v) is 3.73. The van der Waals surface area contributed by atoms with Gasteiger partial charge < -0.3 is 10.6 Å². The van der Waals surface area contributed by atoms with E-state index in [-0.39, 0.29) is 6.04 Å². The molecule has 2 aliphatic rings. The SMILES string of the molecule is NC1CCN(c2n[nH]c(CC3CCC3)n2)C1. The molecule has 0 amide bonds. The van der Waals surface area contributed by atoms with Gasteiger partial charge in [-0.2, -0.15) is 4.98 Å². The van der Waals surface area contributed by atoms with Gasteiger partial charge >= 0.3 is 0 Å². The van der Waals surface area contributed by atoms with Crippen molar-refractivity contribution in [2.75, 3.05) is 18.0 Å². The molecule has 0 aromatic carbocycles. The van der Waals surface area contributed by atoms with Crippen molar-refractivity contribution in [3.63, 3.8) is 0 Å². The third-order valence-electron chi connectivity index (χ3n) is 3.73. The Hall–Kier alpha value is -1.10. The number of nitrogens with zero attached hydrogens (tertiary/aromatic N) is 3. The Morgan fingerprint density at radius 1 is 1.38 bits per heavy atom. The smallest absolute Gasteiger partial charge is 0.244 e. The Kier molecular flexibility index (Phi) is 2.55. The van der Waals surface area contributed by atoms with Crippen molar-refractivity contribution in [1.82, 2.24) is 15.2 Å². The van der Waals surface area contributed by atoms with E-state index in [0.717, 1.165) is 43.6 Å². The van der Waals surface area contributed by atoms with Crippen LogP contribution in [-0.2, 0) is 6.42 Å². The maximum Gasteiger partial charge on any atom is 0.244 e. The third kappa shape index (κ3) is 1.91. The lowest BCUT2D eigenvalue weighted by Crippen LogP contribution is -2.27. The summed E-state index contributed by atoms with van der Waals surface area (Å²) in [5.74, 6) is 2.71. The molecule has 2 heterocycles. The molecule has 16 heavy (non-hydrogen) atoms. The molecule has 1 aliphatic heterocycles. The zero-order valence-corrected chi connectivity index (χ0v) is 9.52. The molecule has 3 N–H and O–H groups in total. The van der Waals surface area contributed by atoms with E-state index in [4.69, 9.17) is 5.73 Å². The van der Waals surface area contributed by atoms with E-state index in [2.05, 4.69) is 20.1 Å². The van der Waals surface area contributed by atoms with Gasteiger partial charge in [0.15, 0.2) is 0 Å². The van der Waals surface area contributed by atoms with E-state index in [1.807, 2.05) is 0 Å². The average molecular weight is 221 g/mol. The summed E-state index contributed by atoms with van der Waals surface area (Å²) in [4.78, 5) is 6.72. The predicted molar refractivity (Wildman–Crippen MR) is 62.2 cm³/mol. The number of hydrogen-bond acceptors (Lipinski definition) is 4. The van der Waals surface area contributed by atoms with Crippen LogP contribution in [0, 0.1) is 5.92 Å². The summed E-state index contributed by atoms with van der Waals surface area (Å²) >= 11 is 0. The summed E-state index contributed by atoms with van der Waals surface area (Å²) in [6.45, 7) is 1.88. The van der Waals surface area contributed by atoms with Crippen molar-refractivity contribution in [2.45, 2.75) is 38.1 Å². The second-order valence-electron chi connectivity index (χ2n) is 5.08. The van der Waals surface area contributed by atoms with Crippen LogP contribution in [0.2, 0.25) is 0 Å². The first-order chi connectivity index (χ1) is 7.81. The second kappa shape index (κ2) is 4.05. The molecule has 1 aliphatic carbocycles. The molecule has 1 saturated heterocycles. The van der Waals surface area contributed by atoms with E-state index in [9.17, 15) is 0 Å². The molecule has 88 valence electrons. The second-order valence-corrected chi connectivity index (χ2v) is 5.08. The Morgan fingerprint density at radius 3 is 2.88 bits per heavy atom. The van der Waals surface area contributed by atoms with Gasteiger partial charge in [0, 0.05) is 25.6 Å². The number of H-pyrrole nitrogens is 1. The molecule has 1 saturated carbocycles. The van der Waals surface area contributed by atoms with Crippen LogP contribution in [0.3, 0.4) is 0 Å². The van der Waals surface area contributed by atoms with Gasteiger partial charge in [-0.05, 0) is 12.3 Å². The largest absolute Gasteiger partial charge is 0.338 e. The van der Waals surface area contributed by atoms with E-state index in [1.54, 1.807) is 0 Å². The first kappa shape index (κ1) is 10.1. The van der Waals surface area contributed by atoms with Crippen LogP contribution in [0.25, 0.3) is 0 Å². The lowest BCUT2D eigenvalue weighted by molar-refractivity contribution is 0.309. The van der Waals surface area contributed by atoms with Crippen LogP contribution in [-0.4, -0.2) is 34.3 Å². The molecular formula is C11H19N5. The molecule has 0 bridgehead atoms. The number of aromatic nitrogens is 3. The molecule has 0 spiro atoms. The van der Waals surface area contributed by atoms with Gasteiger partial charge in [0.05, 0.1) is 0 Å². The van der Waals surface area contributed by atoms with E-state index in [1.165, 1.54) is 19.3 Å². The van der Waals surface area contributed by atoms with Crippen LogP contribution < -0.4 is 10.6 Å². The van der Waals surface area contributed by atoms with E-state index in [0.29, 0.717) is 0 Å².